The summed E-state index contributed by atoms with van der Waals surface area (Å²) in [5.41, 5.74) is 1.15. The van der Waals surface area contributed by atoms with Crippen LogP contribution in [0.4, 0.5) is 10.2 Å². The number of nitrogens with one attached hydrogen (secondary N) is 1. The SMILES string of the molecule is N#CCC(=O)N1CCCC(Nc2cc(C#N)nc(-c3cnc4ccc(F)cn34)n2)C1. The zero-order valence-corrected chi connectivity index (χ0v) is 15.9. The molecule has 1 unspecified atom stereocenters. The molecule has 0 radical (unpaired) electrons. The maximum Gasteiger partial charge on any atom is 0.236 e. The van der Waals surface area contributed by atoms with Gasteiger partial charge in [0.05, 0.1) is 12.3 Å². The number of likely N-dealkylation sites (tertiary alicyclic amines) is 1. The number of fused-ring (bicyclic) bond motifs is 1. The second kappa shape index (κ2) is 8.13. The van der Waals surface area contributed by atoms with Crippen molar-refractivity contribution in [3.05, 3.63) is 42.1 Å². The topological polar surface area (TPSA) is 123 Å². The first-order chi connectivity index (χ1) is 14.6. The van der Waals surface area contributed by atoms with E-state index in [1.165, 1.54) is 28.9 Å². The molecule has 0 saturated carbocycles. The van der Waals surface area contributed by atoms with Crippen LogP contribution in [-0.4, -0.2) is 49.3 Å². The summed E-state index contributed by atoms with van der Waals surface area (Å²) >= 11 is 0. The zero-order chi connectivity index (χ0) is 21.1. The normalized spacial score (nSPS) is 16.1. The highest BCUT2D eigenvalue weighted by Gasteiger charge is 2.24. The Hall–Kier alpha value is -4.05. The number of carbonyl (C=O) groups is 1. The van der Waals surface area contributed by atoms with E-state index in [1.807, 2.05) is 12.1 Å². The van der Waals surface area contributed by atoms with Gasteiger partial charge in [0.15, 0.2) is 5.82 Å². The molecule has 3 aromatic rings. The molecule has 0 bridgehead atoms. The highest BCUT2D eigenvalue weighted by molar-refractivity contribution is 5.78. The maximum absolute atomic E-state index is 13.7. The fourth-order valence-corrected chi connectivity index (χ4v) is 3.52. The molecule has 9 nitrogen and oxygen atoms in total. The molecular weight excluding hydrogens is 387 g/mol. The third-order valence-corrected chi connectivity index (χ3v) is 4.90. The molecule has 10 heteroatoms. The van der Waals surface area contributed by atoms with E-state index in [4.69, 9.17) is 5.26 Å². The standard InChI is InChI=1S/C20H17FN8O/c21-13-3-4-18-24-10-16(29(18)11-13)20-26-15(9-23)8-17(27-20)25-14-2-1-7-28(12-14)19(30)5-6-22/h3-4,8,10-11,14H,1-2,5,7,12H2,(H,25,26,27). The number of imidazole rings is 1. The number of carbonyl (C=O) groups excluding carboxylic acids is 1. The number of halogens is 1. The first-order valence-corrected chi connectivity index (χ1v) is 9.41. The van der Waals surface area contributed by atoms with Crippen LogP contribution in [0.25, 0.3) is 17.2 Å². The Morgan fingerprint density at radius 1 is 1.33 bits per heavy atom. The van der Waals surface area contributed by atoms with E-state index in [1.54, 1.807) is 11.0 Å². The number of nitrogens with zero attached hydrogens (tertiary/aromatic N) is 7. The summed E-state index contributed by atoms with van der Waals surface area (Å²) in [6.45, 7) is 1.06. The Kier molecular flexibility index (Phi) is 5.22. The smallest absolute Gasteiger partial charge is 0.236 e. The van der Waals surface area contributed by atoms with Crippen molar-refractivity contribution in [2.24, 2.45) is 0 Å². The number of piperidine rings is 1. The lowest BCUT2D eigenvalue weighted by Gasteiger charge is -2.33. The van der Waals surface area contributed by atoms with Gasteiger partial charge in [-0.05, 0) is 25.0 Å². The second-order valence-electron chi connectivity index (χ2n) is 6.95. The number of hydrogen-bond donors (Lipinski definition) is 1. The molecule has 1 atom stereocenters. The minimum absolute atomic E-state index is 0.0738. The van der Waals surface area contributed by atoms with Gasteiger partial charge >= 0.3 is 0 Å². The Bertz CT molecular complexity index is 1190. The molecular formula is C20H17FN8O. The summed E-state index contributed by atoms with van der Waals surface area (Å²) in [5.74, 6) is 0.0454. The van der Waals surface area contributed by atoms with E-state index in [0.717, 1.165) is 12.8 Å². The van der Waals surface area contributed by atoms with Crippen LogP contribution >= 0.6 is 0 Å². The highest BCUT2D eigenvalue weighted by Crippen LogP contribution is 2.22. The molecule has 4 heterocycles. The molecule has 1 amide bonds. The maximum atomic E-state index is 13.7. The van der Waals surface area contributed by atoms with Gasteiger partial charge in [-0.1, -0.05) is 0 Å². The lowest BCUT2D eigenvalue weighted by atomic mass is 10.1. The zero-order valence-electron chi connectivity index (χ0n) is 15.9. The summed E-state index contributed by atoms with van der Waals surface area (Å²) in [6.07, 6.45) is 4.28. The Morgan fingerprint density at radius 2 is 2.20 bits per heavy atom. The fraction of sp³-hybridized carbons (Fsp3) is 0.300. The lowest BCUT2D eigenvalue weighted by Crippen LogP contribution is -2.45. The van der Waals surface area contributed by atoms with E-state index >= 15 is 0 Å². The minimum atomic E-state index is -0.430. The number of amides is 1. The second-order valence-corrected chi connectivity index (χ2v) is 6.95. The highest BCUT2D eigenvalue weighted by atomic mass is 19.1. The van der Waals surface area contributed by atoms with Crippen molar-refractivity contribution in [3.8, 4) is 23.7 Å². The average Bonchev–Trinajstić information content (AvgIpc) is 3.17. The predicted octanol–water partition coefficient (Wildman–Crippen LogP) is 2.12. The number of hydrogen-bond acceptors (Lipinski definition) is 7. The third kappa shape index (κ3) is 3.89. The van der Waals surface area contributed by atoms with Crippen LogP contribution in [0.3, 0.4) is 0 Å². The van der Waals surface area contributed by atoms with Crippen LogP contribution < -0.4 is 5.32 Å². The molecule has 0 aliphatic carbocycles. The van der Waals surface area contributed by atoms with Crippen LogP contribution in [0, 0.1) is 28.5 Å². The van der Waals surface area contributed by atoms with E-state index in [9.17, 15) is 14.4 Å². The van der Waals surface area contributed by atoms with Crippen LogP contribution in [-0.2, 0) is 4.79 Å². The van der Waals surface area contributed by atoms with Gasteiger partial charge in [0.2, 0.25) is 5.91 Å². The lowest BCUT2D eigenvalue weighted by molar-refractivity contribution is -0.131. The molecule has 4 rings (SSSR count). The van der Waals surface area contributed by atoms with Gasteiger partial charge in [-0.15, -0.1) is 0 Å². The van der Waals surface area contributed by atoms with Gasteiger partial charge in [0.1, 0.15) is 41.2 Å². The van der Waals surface area contributed by atoms with Crippen LogP contribution in [0.5, 0.6) is 0 Å². The molecule has 0 spiro atoms. The van der Waals surface area contributed by atoms with Crippen molar-refractivity contribution in [3.63, 3.8) is 0 Å². The average molecular weight is 404 g/mol. The molecule has 150 valence electrons. The van der Waals surface area contributed by atoms with Crippen molar-refractivity contribution in [1.82, 2.24) is 24.3 Å². The number of aromatic nitrogens is 4. The van der Waals surface area contributed by atoms with Gasteiger partial charge in [-0.3, -0.25) is 9.20 Å². The van der Waals surface area contributed by atoms with E-state index in [-0.39, 0.29) is 29.9 Å². The number of anilines is 1. The van der Waals surface area contributed by atoms with E-state index in [0.29, 0.717) is 30.2 Å². The van der Waals surface area contributed by atoms with Crippen molar-refractivity contribution in [2.75, 3.05) is 18.4 Å². The van der Waals surface area contributed by atoms with E-state index in [2.05, 4.69) is 20.3 Å². The van der Waals surface area contributed by atoms with Crippen molar-refractivity contribution in [1.29, 1.82) is 10.5 Å². The molecule has 0 aromatic carbocycles. The van der Waals surface area contributed by atoms with Gasteiger partial charge in [-0.2, -0.15) is 10.5 Å². The number of nitriles is 2. The summed E-state index contributed by atoms with van der Waals surface area (Å²) in [6, 6.07) is 8.21. The van der Waals surface area contributed by atoms with Crippen LogP contribution in [0.1, 0.15) is 25.0 Å². The Labute approximate surface area is 171 Å². The molecule has 1 N–H and O–H groups in total. The summed E-state index contributed by atoms with van der Waals surface area (Å²) in [7, 11) is 0. The number of rotatable bonds is 4. The molecule has 1 fully saturated rings. The van der Waals surface area contributed by atoms with Crippen LogP contribution in [0.2, 0.25) is 0 Å². The Morgan fingerprint density at radius 3 is 3.00 bits per heavy atom. The molecule has 30 heavy (non-hydrogen) atoms. The van der Waals surface area contributed by atoms with Gasteiger partial charge < -0.3 is 10.2 Å². The molecule has 1 aliphatic rings. The predicted molar refractivity (Wildman–Crippen MR) is 104 cm³/mol. The summed E-state index contributed by atoms with van der Waals surface area (Å²) in [4.78, 5) is 26.6. The molecule has 1 saturated heterocycles. The summed E-state index contributed by atoms with van der Waals surface area (Å²) < 4.78 is 15.2. The minimum Gasteiger partial charge on any atom is -0.365 e. The quantitative estimate of drug-likeness (QED) is 0.706. The van der Waals surface area contributed by atoms with Crippen molar-refractivity contribution < 1.29 is 9.18 Å². The monoisotopic (exact) mass is 404 g/mol. The van der Waals surface area contributed by atoms with E-state index < -0.39 is 5.82 Å². The van der Waals surface area contributed by atoms with Gasteiger partial charge in [0, 0.05) is 31.4 Å². The summed E-state index contributed by atoms with van der Waals surface area (Å²) in [5, 5.41) is 21.4. The first kappa shape index (κ1) is 19.3. The van der Waals surface area contributed by atoms with Gasteiger partial charge in [0.25, 0.3) is 0 Å². The Balaban J connectivity index is 1.62. The molecule has 3 aromatic heterocycles. The third-order valence-electron chi connectivity index (χ3n) is 4.90. The van der Waals surface area contributed by atoms with Crippen molar-refractivity contribution in [2.45, 2.75) is 25.3 Å². The van der Waals surface area contributed by atoms with Crippen molar-refractivity contribution >= 4 is 17.4 Å². The molecule has 1 aliphatic heterocycles. The first-order valence-electron chi connectivity index (χ1n) is 9.41. The van der Waals surface area contributed by atoms with Crippen LogP contribution in [0.15, 0.2) is 30.6 Å². The largest absolute Gasteiger partial charge is 0.365 e. The fourth-order valence-electron chi connectivity index (χ4n) is 3.52. The van der Waals surface area contributed by atoms with Gasteiger partial charge in [-0.25, -0.2) is 19.3 Å². The number of pyridine rings is 1.